The minimum Gasteiger partial charge on any atom is -0.480 e. The molecule has 4 N–H and O–H groups in total. The Kier molecular flexibility index (Phi) is 7.23. The smallest absolute Gasteiger partial charge is 0.321 e. The molecule has 14 heavy (non-hydrogen) atoms. The second kappa shape index (κ2) is 7.64. The van der Waals surface area contributed by atoms with Crippen LogP contribution in [0.3, 0.4) is 0 Å². The molecule has 0 aromatic rings. The number of aliphatic carboxylic acids is 1. The maximum Gasteiger partial charge on any atom is 0.321 e. The van der Waals surface area contributed by atoms with Crippen LogP contribution in [0.25, 0.3) is 0 Å². The zero-order valence-corrected chi connectivity index (χ0v) is 8.97. The highest BCUT2D eigenvalue weighted by atomic mass is 32.2. The molecule has 5 nitrogen and oxygen atoms in total. The van der Waals surface area contributed by atoms with Crippen molar-refractivity contribution in [3.63, 3.8) is 0 Å². The number of thioether (sulfide) groups is 1. The molecule has 0 heterocycles. The highest BCUT2D eigenvalue weighted by Gasteiger charge is 2.11. The molecule has 1 atom stereocenters. The Morgan fingerprint density at radius 3 is 2.71 bits per heavy atom. The van der Waals surface area contributed by atoms with E-state index in [4.69, 9.17) is 10.8 Å². The summed E-state index contributed by atoms with van der Waals surface area (Å²) in [6, 6.07) is -0.890. The molecule has 0 radical (unpaired) electrons. The molecule has 82 valence electrons. The zero-order chi connectivity index (χ0) is 11.0. The van der Waals surface area contributed by atoms with Gasteiger partial charge < -0.3 is 16.2 Å². The van der Waals surface area contributed by atoms with Crippen molar-refractivity contribution in [3.8, 4) is 0 Å². The monoisotopic (exact) mass is 220 g/mol. The lowest BCUT2D eigenvalue weighted by atomic mass is 10.4. The minimum atomic E-state index is -1.04. The topological polar surface area (TPSA) is 92.4 Å². The first-order chi connectivity index (χ1) is 6.57. The summed E-state index contributed by atoms with van der Waals surface area (Å²) in [6.07, 6.45) is 0.894. The number of nitrogens with two attached hydrogens (primary N) is 1. The van der Waals surface area contributed by atoms with Gasteiger partial charge in [-0.15, -0.1) is 11.8 Å². The van der Waals surface area contributed by atoms with Gasteiger partial charge in [-0.1, -0.05) is 6.92 Å². The summed E-state index contributed by atoms with van der Waals surface area (Å²) in [6.45, 7) is 2.62. The van der Waals surface area contributed by atoms with E-state index in [1.807, 2.05) is 6.92 Å². The van der Waals surface area contributed by atoms with Gasteiger partial charge in [0.05, 0.1) is 5.75 Å². The van der Waals surface area contributed by atoms with Crippen LogP contribution in [0.2, 0.25) is 0 Å². The number of amides is 1. The summed E-state index contributed by atoms with van der Waals surface area (Å²) < 4.78 is 0. The van der Waals surface area contributed by atoms with Gasteiger partial charge in [0.2, 0.25) is 5.91 Å². The fourth-order valence-corrected chi connectivity index (χ4v) is 1.47. The van der Waals surface area contributed by atoms with Gasteiger partial charge in [0.25, 0.3) is 0 Å². The largest absolute Gasteiger partial charge is 0.480 e. The molecule has 0 spiro atoms. The summed E-state index contributed by atoms with van der Waals surface area (Å²) in [5.41, 5.74) is 5.25. The third kappa shape index (κ3) is 6.73. The first kappa shape index (κ1) is 13.2. The molecule has 1 amide bonds. The molecule has 0 aromatic carbocycles. The highest BCUT2D eigenvalue weighted by Crippen LogP contribution is 2.01. The van der Waals surface area contributed by atoms with E-state index in [9.17, 15) is 9.59 Å². The quantitative estimate of drug-likeness (QED) is 0.546. The van der Waals surface area contributed by atoms with Crippen LogP contribution in [0.1, 0.15) is 13.3 Å². The Morgan fingerprint density at radius 1 is 1.57 bits per heavy atom. The normalized spacial score (nSPS) is 12.1. The molecule has 0 saturated carbocycles. The second-order valence-corrected chi connectivity index (χ2v) is 3.84. The molecule has 6 heteroatoms. The average molecular weight is 220 g/mol. The predicted octanol–water partition coefficient (Wildman–Crippen LogP) is -0.342. The Balaban J connectivity index is 3.44. The van der Waals surface area contributed by atoms with Gasteiger partial charge in [0, 0.05) is 12.3 Å². The Bertz CT molecular complexity index is 199. The number of rotatable bonds is 7. The lowest BCUT2D eigenvalue weighted by molar-refractivity contribution is -0.137. The predicted molar refractivity (Wildman–Crippen MR) is 56.2 cm³/mol. The minimum absolute atomic E-state index is 0.0746. The van der Waals surface area contributed by atoms with Gasteiger partial charge in [0.15, 0.2) is 0 Å². The van der Waals surface area contributed by atoms with Crippen molar-refractivity contribution in [1.29, 1.82) is 0 Å². The Morgan fingerprint density at radius 2 is 2.21 bits per heavy atom. The number of hydrogen-bond donors (Lipinski definition) is 3. The number of nitrogens with one attached hydrogen (secondary N) is 1. The summed E-state index contributed by atoms with van der Waals surface area (Å²) >= 11 is 1.23. The number of carbonyl (C=O) groups is 2. The molecule has 0 aromatic heterocycles. The van der Waals surface area contributed by atoms with Crippen molar-refractivity contribution >= 4 is 23.6 Å². The fourth-order valence-electron chi connectivity index (χ4n) is 0.665. The third-order valence-electron chi connectivity index (χ3n) is 1.42. The van der Waals surface area contributed by atoms with Gasteiger partial charge in [-0.25, -0.2) is 0 Å². The van der Waals surface area contributed by atoms with Crippen molar-refractivity contribution in [3.05, 3.63) is 0 Å². The number of carbonyl (C=O) groups excluding carboxylic acids is 1. The van der Waals surface area contributed by atoms with Crippen LogP contribution in [0.15, 0.2) is 0 Å². The first-order valence-electron chi connectivity index (χ1n) is 4.40. The molecule has 0 aliphatic heterocycles. The van der Waals surface area contributed by atoms with Crippen LogP contribution >= 0.6 is 11.8 Å². The maximum atomic E-state index is 11.0. The molecule has 0 fully saturated rings. The van der Waals surface area contributed by atoms with E-state index >= 15 is 0 Å². The van der Waals surface area contributed by atoms with Crippen molar-refractivity contribution in [2.45, 2.75) is 19.4 Å². The van der Waals surface area contributed by atoms with Crippen LogP contribution < -0.4 is 11.1 Å². The first-order valence-corrected chi connectivity index (χ1v) is 5.56. The van der Waals surface area contributed by atoms with Crippen LogP contribution in [0, 0.1) is 0 Å². The Labute approximate surface area is 87.4 Å². The number of hydrogen-bond acceptors (Lipinski definition) is 4. The Hall–Kier alpha value is -0.750. The van der Waals surface area contributed by atoms with Crippen molar-refractivity contribution in [2.75, 3.05) is 18.1 Å². The van der Waals surface area contributed by atoms with E-state index in [1.165, 1.54) is 11.8 Å². The van der Waals surface area contributed by atoms with Crippen molar-refractivity contribution in [1.82, 2.24) is 5.32 Å². The van der Waals surface area contributed by atoms with Crippen molar-refractivity contribution in [2.24, 2.45) is 5.73 Å². The standard InChI is InChI=1S/C8H16N2O3S/c1-2-3-10-7(11)5-14-4-6(9)8(12)13/h6H,2-5,9H2,1H3,(H,10,11)(H,12,13). The van der Waals surface area contributed by atoms with E-state index in [2.05, 4.69) is 5.32 Å². The molecular weight excluding hydrogens is 204 g/mol. The van der Waals surface area contributed by atoms with Gasteiger partial charge in [-0.2, -0.15) is 0 Å². The lowest BCUT2D eigenvalue weighted by Crippen LogP contribution is -2.33. The molecule has 0 bridgehead atoms. The molecule has 0 rings (SSSR count). The third-order valence-corrected chi connectivity index (χ3v) is 2.48. The molecule has 0 saturated heterocycles. The van der Waals surface area contributed by atoms with Gasteiger partial charge in [-0.05, 0) is 6.42 Å². The molecular formula is C8H16N2O3S. The number of carboxylic acids is 1. The molecule has 0 aliphatic carbocycles. The average Bonchev–Trinajstić information content (AvgIpc) is 2.14. The van der Waals surface area contributed by atoms with E-state index in [1.54, 1.807) is 0 Å². The summed E-state index contributed by atoms with van der Waals surface area (Å²) in [7, 11) is 0. The maximum absolute atomic E-state index is 11.0. The number of carboxylic acid groups (broad SMARTS) is 1. The van der Waals surface area contributed by atoms with Crippen LogP contribution in [-0.4, -0.2) is 41.1 Å². The molecule has 1 unspecified atom stereocenters. The lowest BCUT2D eigenvalue weighted by Gasteiger charge is -2.06. The van der Waals surface area contributed by atoms with Gasteiger partial charge >= 0.3 is 5.97 Å². The van der Waals surface area contributed by atoms with E-state index < -0.39 is 12.0 Å². The highest BCUT2D eigenvalue weighted by molar-refractivity contribution is 8.00. The van der Waals surface area contributed by atoms with Crippen LogP contribution in [0.4, 0.5) is 0 Å². The SMILES string of the molecule is CCCNC(=O)CSCC(N)C(=O)O. The molecule has 0 aliphatic rings. The fraction of sp³-hybridized carbons (Fsp3) is 0.750. The van der Waals surface area contributed by atoms with Crippen LogP contribution in [0.5, 0.6) is 0 Å². The summed E-state index contributed by atoms with van der Waals surface area (Å²) in [4.78, 5) is 21.3. The van der Waals surface area contributed by atoms with E-state index in [0.717, 1.165) is 6.42 Å². The van der Waals surface area contributed by atoms with Crippen molar-refractivity contribution < 1.29 is 14.7 Å². The van der Waals surface area contributed by atoms with E-state index in [0.29, 0.717) is 6.54 Å². The summed E-state index contributed by atoms with van der Waals surface area (Å²) in [5.74, 6) is -0.587. The van der Waals surface area contributed by atoms with Crippen LogP contribution in [-0.2, 0) is 9.59 Å². The van der Waals surface area contributed by atoms with E-state index in [-0.39, 0.29) is 17.4 Å². The summed E-state index contributed by atoms with van der Waals surface area (Å²) in [5, 5.41) is 11.1. The second-order valence-electron chi connectivity index (χ2n) is 2.81. The zero-order valence-electron chi connectivity index (χ0n) is 8.16. The van der Waals surface area contributed by atoms with Gasteiger partial charge in [-0.3, -0.25) is 9.59 Å². The van der Waals surface area contributed by atoms with Gasteiger partial charge in [0.1, 0.15) is 6.04 Å².